The lowest BCUT2D eigenvalue weighted by Gasteiger charge is -2.22. The second-order valence-corrected chi connectivity index (χ2v) is 3.34. The summed E-state index contributed by atoms with van der Waals surface area (Å²) >= 11 is 0. The van der Waals surface area contributed by atoms with E-state index < -0.39 is 12.2 Å². The monoisotopic (exact) mass is 172 g/mol. The molecule has 0 aromatic heterocycles. The van der Waals surface area contributed by atoms with Crippen LogP contribution >= 0.6 is 0 Å². The second kappa shape index (κ2) is 2.60. The highest BCUT2D eigenvalue weighted by molar-refractivity contribution is 5.66. The third-order valence-electron chi connectivity index (χ3n) is 2.68. The van der Waals surface area contributed by atoms with Crippen LogP contribution in [0, 0.1) is 0 Å². The molecule has 0 saturated carbocycles. The fourth-order valence-corrected chi connectivity index (χ4v) is 2.13. The summed E-state index contributed by atoms with van der Waals surface area (Å²) in [6, 6.07) is -0.0569. The van der Waals surface area contributed by atoms with Crippen molar-refractivity contribution in [3.8, 4) is 0 Å². The summed E-state index contributed by atoms with van der Waals surface area (Å²) < 4.78 is 0. The highest BCUT2D eigenvalue weighted by atomic mass is 16.4. The van der Waals surface area contributed by atoms with Crippen molar-refractivity contribution in [1.29, 1.82) is 0 Å². The number of nitrogens with zero attached hydrogens (tertiary/aromatic N) is 1. The molecule has 0 radical (unpaired) electrons. The summed E-state index contributed by atoms with van der Waals surface area (Å²) in [4.78, 5) is 12.0. The van der Waals surface area contributed by atoms with E-state index in [1.807, 2.05) is 0 Å². The lowest BCUT2D eigenvalue weighted by atomic mass is 10.1. The Morgan fingerprint density at radius 2 is 2.33 bits per heavy atom. The van der Waals surface area contributed by atoms with E-state index in [1.54, 1.807) is 0 Å². The normalized spacial score (nSPS) is 40.1. The first-order valence-corrected chi connectivity index (χ1v) is 4.11. The molecule has 2 saturated heterocycles. The molecule has 68 valence electrons. The molecule has 2 aliphatic heterocycles. The first-order chi connectivity index (χ1) is 5.70. The maximum absolute atomic E-state index is 10.7. The topological polar surface area (TPSA) is 72.8 Å². The van der Waals surface area contributed by atoms with Gasteiger partial charge in [0.15, 0.2) is 0 Å². The molecule has 0 aliphatic carbocycles. The van der Waals surface area contributed by atoms with Crippen LogP contribution in [-0.4, -0.2) is 52.5 Å². The van der Waals surface area contributed by atoms with Gasteiger partial charge in [-0.25, -0.2) is 4.79 Å². The lowest BCUT2D eigenvalue weighted by Crippen LogP contribution is -2.43. The molecule has 2 rings (SSSR count). The van der Waals surface area contributed by atoms with Gasteiger partial charge in [-0.2, -0.15) is 0 Å². The van der Waals surface area contributed by atoms with Crippen molar-refractivity contribution in [2.24, 2.45) is 0 Å². The van der Waals surface area contributed by atoms with E-state index in [4.69, 9.17) is 5.11 Å². The summed E-state index contributed by atoms with van der Waals surface area (Å²) in [7, 11) is 0. The standard InChI is InChI=1S/C7H12N2O3/c10-5-3-8-4-1-2-9(6(4)5)7(11)12/h4-6,8,10H,1-3H2,(H,11,12)/t4-,5+,6+/m1/s1. The molecule has 0 aromatic rings. The molecule has 5 nitrogen and oxygen atoms in total. The Balaban J connectivity index is 2.14. The van der Waals surface area contributed by atoms with Crippen LogP contribution in [0.2, 0.25) is 0 Å². The fourth-order valence-electron chi connectivity index (χ4n) is 2.13. The van der Waals surface area contributed by atoms with Gasteiger partial charge in [0.2, 0.25) is 0 Å². The van der Waals surface area contributed by atoms with Gasteiger partial charge in [0.05, 0.1) is 12.1 Å². The summed E-state index contributed by atoms with van der Waals surface area (Å²) in [6.07, 6.45) is -0.646. The zero-order chi connectivity index (χ0) is 8.72. The lowest BCUT2D eigenvalue weighted by molar-refractivity contribution is 0.0868. The van der Waals surface area contributed by atoms with Crippen molar-refractivity contribution in [2.75, 3.05) is 13.1 Å². The zero-order valence-electron chi connectivity index (χ0n) is 6.60. The number of hydrogen-bond acceptors (Lipinski definition) is 3. The molecule has 0 bridgehead atoms. The molecule has 0 spiro atoms. The number of likely N-dealkylation sites (tertiary alicyclic amines) is 1. The average molecular weight is 172 g/mol. The van der Waals surface area contributed by atoms with E-state index in [-0.39, 0.29) is 12.1 Å². The molecule has 3 N–H and O–H groups in total. The summed E-state index contributed by atoms with van der Waals surface area (Å²) in [6.45, 7) is 1.05. The molecule has 5 heteroatoms. The Morgan fingerprint density at radius 3 is 3.00 bits per heavy atom. The molecule has 3 atom stereocenters. The molecule has 1 amide bonds. The predicted octanol–water partition coefficient (Wildman–Crippen LogP) is -0.929. The maximum atomic E-state index is 10.7. The van der Waals surface area contributed by atoms with Crippen LogP contribution in [0.5, 0.6) is 0 Å². The Bertz CT molecular complexity index is 209. The minimum atomic E-state index is -0.926. The van der Waals surface area contributed by atoms with Crippen molar-refractivity contribution >= 4 is 6.09 Å². The molecular formula is C7H12N2O3. The number of aliphatic hydroxyl groups is 1. The highest BCUT2D eigenvalue weighted by Crippen LogP contribution is 2.24. The Morgan fingerprint density at radius 1 is 1.58 bits per heavy atom. The third-order valence-corrected chi connectivity index (χ3v) is 2.68. The van der Waals surface area contributed by atoms with Gasteiger partial charge in [0.25, 0.3) is 0 Å². The van der Waals surface area contributed by atoms with Crippen LogP contribution in [0.4, 0.5) is 4.79 Å². The predicted molar refractivity (Wildman–Crippen MR) is 40.9 cm³/mol. The number of nitrogens with one attached hydrogen (secondary N) is 1. The molecule has 2 aliphatic rings. The number of β-amino-alcohol motifs (C(OH)–C–C–N with tert-alkyl or cyclic N) is 1. The van der Waals surface area contributed by atoms with Crippen molar-refractivity contribution < 1.29 is 15.0 Å². The van der Waals surface area contributed by atoms with Crippen molar-refractivity contribution in [3.63, 3.8) is 0 Å². The molecular weight excluding hydrogens is 160 g/mol. The number of hydrogen-bond donors (Lipinski definition) is 3. The van der Waals surface area contributed by atoms with Crippen LogP contribution in [0.3, 0.4) is 0 Å². The molecule has 12 heavy (non-hydrogen) atoms. The average Bonchev–Trinajstić information content (AvgIpc) is 2.53. The van der Waals surface area contributed by atoms with Crippen LogP contribution in [0.1, 0.15) is 6.42 Å². The van der Waals surface area contributed by atoms with Gasteiger partial charge >= 0.3 is 6.09 Å². The third kappa shape index (κ3) is 0.971. The van der Waals surface area contributed by atoms with E-state index in [1.165, 1.54) is 4.90 Å². The quantitative estimate of drug-likeness (QED) is 0.441. The Hall–Kier alpha value is -0.810. The number of fused-ring (bicyclic) bond motifs is 1. The summed E-state index contributed by atoms with van der Waals surface area (Å²) in [5.41, 5.74) is 0. The molecule has 0 unspecified atom stereocenters. The molecule has 2 heterocycles. The van der Waals surface area contributed by atoms with Crippen molar-refractivity contribution in [1.82, 2.24) is 10.2 Å². The second-order valence-electron chi connectivity index (χ2n) is 3.34. The van der Waals surface area contributed by atoms with Crippen LogP contribution < -0.4 is 5.32 Å². The van der Waals surface area contributed by atoms with E-state index in [0.717, 1.165) is 6.42 Å². The number of carboxylic acid groups (broad SMARTS) is 1. The largest absolute Gasteiger partial charge is 0.465 e. The zero-order valence-corrected chi connectivity index (χ0v) is 6.60. The van der Waals surface area contributed by atoms with Gasteiger partial charge < -0.3 is 20.4 Å². The first kappa shape index (κ1) is 7.82. The van der Waals surface area contributed by atoms with Gasteiger partial charge in [0, 0.05) is 19.1 Å². The minimum absolute atomic E-state index is 0.163. The van der Waals surface area contributed by atoms with E-state index in [2.05, 4.69) is 5.32 Å². The number of rotatable bonds is 0. The van der Waals surface area contributed by atoms with E-state index in [9.17, 15) is 9.90 Å². The number of amides is 1. The van der Waals surface area contributed by atoms with E-state index in [0.29, 0.717) is 13.1 Å². The van der Waals surface area contributed by atoms with Crippen LogP contribution in [0.25, 0.3) is 0 Å². The smallest absolute Gasteiger partial charge is 0.407 e. The minimum Gasteiger partial charge on any atom is -0.465 e. The van der Waals surface area contributed by atoms with Gasteiger partial charge in [-0.05, 0) is 6.42 Å². The van der Waals surface area contributed by atoms with Crippen LogP contribution in [-0.2, 0) is 0 Å². The highest BCUT2D eigenvalue weighted by Gasteiger charge is 2.45. The summed E-state index contributed by atoms with van der Waals surface area (Å²) in [5.74, 6) is 0. The molecule has 0 aromatic carbocycles. The SMILES string of the molecule is O=C(O)N1CC[C@H]2NC[C@H](O)[C@H]21. The van der Waals surface area contributed by atoms with Crippen molar-refractivity contribution in [3.05, 3.63) is 0 Å². The number of carbonyl (C=O) groups is 1. The van der Waals surface area contributed by atoms with Gasteiger partial charge in [-0.3, -0.25) is 0 Å². The fraction of sp³-hybridized carbons (Fsp3) is 0.857. The van der Waals surface area contributed by atoms with Gasteiger partial charge in [0.1, 0.15) is 0 Å². The Kier molecular flexibility index (Phi) is 1.69. The first-order valence-electron chi connectivity index (χ1n) is 4.11. The van der Waals surface area contributed by atoms with Crippen LogP contribution in [0.15, 0.2) is 0 Å². The number of aliphatic hydroxyl groups excluding tert-OH is 1. The summed E-state index contributed by atoms with van der Waals surface area (Å²) in [5, 5.41) is 21.3. The molecule has 2 fully saturated rings. The Labute approximate surface area is 70.0 Å². The maximum Gasteiger partial charge on any atom is 0.407 e. The van der Waals surface area contributed by atoms with Gasteiger partial charge in [-0.15, -0.1) is 0 Å². The van der Waals surface area contributed by atoms with Crippen molar-refractivity contribution in [2.45, 2.75) is 24.6 Å². The van der Waals surface area contributed by atoms with E-state index >= 15 is 0 Å². The van der Waals surface area contributed by atoms with Gasteiger partial charge in [-0.1, -0.05) is 0 Å².